The first-order valence-corrected chi connectivity index (χ1v) is 16.1. The zero-order valence-corrected chi connectivity index (χ0v) is 25.5. The molecule has 0 aromatic heterocycles. The van der Waals surface area contributed by atoms with E-state index in [2.05, 4.69) is 69.2 Å². The van der Waals surface area contributed by atoms with Crippen molar-refractivity contribution in [3.8, 4) is 0 Å². The molecule has 0 aromatic carbocycles. The fourth-order valence-electron chi connectivity index (χ4n) is 12.7. The summed E-state index contributed by atoms with van der Waals surface area (Å²) in [5, 5.41) is 0. The second kappa shape index (κ2) is 7.99. The Morgan fingerprint density at radius 1 is 0.806 bits per heavy atom. The molecule has 2 saturated heterocycles. The minimum absolute atomic E-state index is 0.170. The Morgan fingerprint density at radius 3 is 2.19 bits per heavy atom. The van der Waals surface area contributed by atoms with Crippen LogP contribution in [-0.4, -0.2) is 18.0 Å². The molecule has 36 heavy (non-hydrogen) atoms. The Kier molecular flexibility index (Phi) is 5.80. The Labute approximate surface area is 223 Å². The highest BCUT2D eigenvalue weighted by Crippen LogP contribution is 2.81. The van der Waals surface area contributed by atoms with E-state index in [4.69, 9.17) is 9.47 Å². The molecule has 0 N–H and O–H groups in total. The normalized spacial score (nSPS) is 64.5. The molecular formula is C34H58O2. The van der Waals surface area contributed by atoms with Gasteiger partial charge < -0.3 is 9.47 Å². The fraction of sp³-hybridized carbons (Fsp3) is 1.00. The molecule has 2 aliphatic heterocycles. The maximum absolute atomic E-state index is 7.31. The SMILES string of the molecule is CC[C@H]1CC[C@@]2(C)C(CCC3C2CC(C)[C@@]2(C)C3(C)CC3OC4(CC(C)C(C)C(C)O4)[C@@H](C)C32C)C1. The Bertz CT molecular complexity index is 870. The van der Waals surface area contributed by atoms with Crippen LogP contribution in [0.25, 0.3) is 0 Å². The van der Waals surface area contributed by atoms with Crippen molar-refractivity contribution in [1.29, 1.82) is 0 Å². The average molecular weight is 499 g/mol. The molecule has 0 aromatic rings. The van der Waals surface area contributed by atoms with Gasteiger partial charge in [0.25, 0.3) is 0 Å². The summed E-state index contributed by atoms with van der Waals surface area (Å²) in [6.45, 7) is 25.6. The van der Waals surface area contributed by atoms with Gasteiger partial charge in [0, 0.05) is 17.8 Å². The second-order valence-electron chi connectivity index (χ2n) is 16.3. The first-order chi connectivity index (χ1) is 16.8. The standard InChI is InChI=1S/C34H58O2/c1-11-25-14-15-30(7)26(17-25)12-13-27-28(30)16-21(3)33(10)31(27,8)19-29-32(33,9)24(6)34(36-29)18-20(2)22(4)23(5)35-34/h20-29H,11-19H2,1-10H3/t20?,21?,22?,23?,24-,25-,26?,27?,28?,29?,30-,31?,32?,33-,34?/m0/s1. The molecule has 2 nitrogen and oxygen atoms in total. The van der Waals surface area contributed by atoms with Crippen molar-refractivity contribution >= 4 is 0 Å². The molecule has 0 amide bonds. The third-order valence-electron chi connectivity index (χ3n) is 15.9. The van der Waals surface area contributed by atoms with Crippen molar-refractivity contribution in [2.45, 2.75) is 145 Å². The van der Waals surface area contributed by atoms with E-state index in [9.17, 15) is 0 Å². The van der Waals surface area contributed by atoms with E-state index in [1.807, 2.05) is 0 Å². The third-order valence-corrected chi connectivity index (χ3v) is 15.9. The Hall–Kier alpha value is -0.0800. The number of hydrogen-bond acceptors (Lipinski definition) is 2. The maximum atomic E-state index is 7.31. The smallest absolute Gasteiger partial charge is 0.172 e. The summed E-state index contributed by atoms with van der Waals surface area (Å²) in [4.78, 5) is 0. The molecule has 11 unspecified atom stereocenters. The monoisotopic (exact) mass is 498 g/mol. The van der Waals surface area contributed by atoms with E-state index < -0.39 is 0 Å². The quantitative estimate of drug-likeness (QED) is 0.359. The van der Waals surface area contributed by atoms with Gasteiger partial charge >= 0.3 is 0 Å². The molecule has 6 fully saturated rings. The summed E-state index contributed by atoms with van der Waals surface area (Å²) in [6, 6.07) is 0. The summed E-state index contributed by atoms with van der Waals surface area (Å²) < 4.78 is 14.2. The third kappa shape index (κ3) is 2.88. The van der Waals surface area contributed by atoms with Gasteiger partial charge in [-0.1, -0.05) is 68.7 Å². The lowest BCUT2D eigenvalue weighted by Crippen LogP contribution is -2.63. The molecule has 2 heterocycles. The number of rotatable bonds is 1. The van der Waals surface area contributed by atoms with Gasteiger partial charge in [-0.2, -0.15) is 0 Å². The van der Waals surface area contributed by atoms with Gasteiger partial charge in [-0.05, 0) is 110 Å². The predicted molar refractivity (Wildman–Crippen MR) is 148 cm³/mol. The molecule has 6 aliphatic rings. The van der Waals surface area contributed by atoms with Gasteiger partial charge in [-0.15, -0.1) is 0 Å². The average Bonchev–Trinajstić information content (AvgIpc) is 3.14. The molecule has 0 bridgehead atoms. The van der Waals surface area contributed by atoms with Crippen molar-refractivity contribution in [3.05, 3.63) is 0 Å². The predicted octanol–water partition coefficient (Wildman–Crippen LogP) is 9.12. The van der Waals surface area contributed by atoms with E-state index >= 15 is 0 Å². The highest BCUT2D eigenvalue weighted by atomic mass is 16.7. The highest BCUT2D eigenvalue weighted by Gasteiger charge is 2.80. The molecule has 206 valence electrons. The second-order valence-corrected chi connectivity index (χ2v) is 16.3. The number of hydrogen-bond donors (Lipinski definition) is 0. The van der Waals surface area contributed by atoms with Crippen molar-refractivity contribution in [3.63, 3.8) is 0 Å². The highest BCUT2D eigenvalue weighted by molar-refractivity contribution is 5.26. The van der Waals surface area contributed by atoms with Gasteiger partial charge in [0.2, 0.25) is 0 Å². The lowest BCUT2D eigenvalue weighted by atomic mass is 9.36. The van der Waals surface area contributed by atoms with Crippen molar-refractivity contribution in [2.24, 2.45) is 69.0 Å². The van der Waals surface area contributed by atoms with Gasteiger partial charge in [-0.25, -0.2) is 0 Å². The fourth-order valence-corrected chi connectivity index (χ4v) is 12.7. The Balaban J connectivity index is 1.36. The largest absolute Gasteiger partial charge is 0.346 e. The minimum atomic E-state index is -0.381. The van der Waals surface area contributed by atoms with Gasteiger partial charge in [0.1, 0.15) is 0 Å². The summed E-state index contributed by atoms with van der Waals surface area (Å²) in [7, 11) is 0. The maximum Gasteiger partial charge on any atom is 0.172 e. The molecule has 4 aliphatic carbocycles. The molecule has 6 rings (SSSR count). The van der Waals surface area contributed by atoms with Crippen LogP contribution >= 0.6 is 0 Å². The van der Waals surface area contributed by atoms with Crippen LogP contribution in [0.4, 0.5) is 0 Å². The van der Waals surface area contributed by atoms with E-state index in [1.165, 1.54) is 51.4 Å². The van der Waals surface area contributed by atoms with Crippen LogP contribution in [0.1, 0.15) is 127 Å². The van der Waals surface area contributed by atoms with Crippen LogP contribution in [0.15, 0.2) is 0 Å². The van der Waals surface area contributed by atoms with E-state index in [0.29, 0.717) is 34.7 Å². The van der Waals surface area contributed by atoms with E-state index in [-0.39, 0.29) is 22.7 Å². The van der Waals surface area contributed by atoms with Crippen LogP contribution in [-0.2, 0) is 9.47 Å². The van der Waals surface area contributed by atoms with Crippen molar-refractivity contribution in [1.82, 2.24) is 0 Å². The summed E-state index contributed by atoms with van der Waals surface area (Å²) in [5.41, 5.74) is 1.38. The molecule has 1 spiro atoms. The van der Waals surface area contributed by atoms with E-state index in [1.54, 1.807) is 0 Å². The zero-order chi connectivity index (χ0) is 26.1. The number of ether oxygens (including phenoxy) is 2. The van der Waals surface area contributed by atoms with Crippen molar-refractivity contribution in [2.75, 3.05) is 0 Å². The summed E-state index contributed by atoms with van der Waals surface area (Å²) in [5.74, 6) is 5.76. The lowest BCUT2D eigenvalue weighted by Gasteiger charge is -2.68. The van der Waals surface area contributed by atoms with Gasteiger partial charge in [0.05, 0.1) is 12.2 Å². The van der Waals surface area contributed by atoms with Gasteiger partial charge in [0.15, 0.2) is 5.79 Å². The summed E-state index contributed by atoms with van der Waals surface area (Å²) >= 11 is 0. The molecule has 15 atom stereocenters. The Morgan fingerprint density at radius 2 is 1.53 bits per heavy atom. The van der Waals surface area contributed by atoms with Crippen LogP contribution in [0, 0.1) is 69.0 Å². The number of fused-ring (bicyclic) bond motifs is 7. The lowest BCUT2D eigenvalue weighted by molar-refractivity contribution is -0.309. The molecule has 0 radical (unpaired) electrons. The van der Waals surface area contributed by atoms with Crippen molar-refractivity contribution < 1.29 is 9.47 Å². The van der Waals surface area contributed by atoms with E-state index in [0.717, 1.165) is 36.0 Å². The molecule has 2 heteroatoms. The van der Waals surface area contributed by atoms with Crippen LogP contribution in [0.3, 0.4) is 0 Å². The minimum Gasteiger partial charge on any atom is -0.346 e. The van der Waals surface area contributed by atoms with Crippen LogP contribution in [0.2, 0.25) is 0 Å². The van der Waals surface area contributed by atoms with Crippen LogP contribution < -0.4 is 0 Å². The molecule has 4 saturated carbocycles. The van der Waals surface area contributed by atoms with Gasteiger partial charge in [-0.3, -0.25) is 0 Å². The first-order valence-electron chi connectivity index (χ1n) is 16.1. The summed E-state index contributed by atoms with van der Waals surface area (Å²) in [6.07, 6.45) is 13.2. The topological polar surface area (TPSA) is 18.5 Å². The molecular weight excluding hydrogens is 440 g/mol. The first kappa shape index (κ1) is 26.2. The van der Waals surface area contributed by atoms with Crippen LogP contribution in [0.5, 0.6) is 0 Å². The zero-order valence-electron chi connectivity index (χ0n) is 25.5.